The van der Waals surface area contributed by atoms with Gasteiger partial charge in [-0.1, -0.05) is 261 Å². The molecule has 0 heterocycles. The van der Waals surface area contributed by atoms with E-state index in [1.54, 1.807) is 6.08 Å². The normalized spacial score (nSPS) is 13.8. The van der Waals surface area contributed by atoms with Crippen LogP contribution in [-0.2, 0) is 4.79 Å². The van der Waals surface area contributed by atoms with E-state index < -0.39 is 18.2 Å². The van der Waals surface area contributed by atoms with Gasteiger partial charge in [-0.15, -0.1) is 0 Å². The maximum absolute atomic E-state index is 12.5. The Morgan fingerprint density at radius 2 is 0.719 bits per heavy atom. The molecule has 5 heteroatoms. The molecule has 0 radical (unpaired) electrons. The minimum absolute atomic E-state index is 0.00230. The molecule has 0 saturated carbocycles. The van der Waals surface area contributed by atoms with Gasteiger partial charge in [0.1, 0.15) is 0 Å². The van der Waals surface area contributed by atoms with Crippen LogP contribution in [0.5, 0.6) is 0 Å². The second kappa shape index (κ2) is 53.7. The lowest BCUT2D eigenvalue weighted by molar-refractivity contribution is -0.124. The molecule has 0 aromatic carbocycles. The Bertz CT molecular complexity index is 1080. The molecule has 1 amide bonds. The number of nitrogens with one attached hydrogen (secondary N) is 1. The van der Waals surface area contributed by atoms with E-state index in [1.165, 1.54) is 212 Å². The number of unbranched alkanes of at least 4 members (excludes halogenated alkanes) is 34. The highest BCUT2D eigenvalue weighted by Gasteiger charge is 2.20. The van der Waals surface area contributed by atoms with Crippen LogP contribution in [0.1, 0.15) is 284 Å². The average Bonchev–Trinajstić information content (AvgIpc) is 3.29. The molecule has 0 spiro atoms. The molecule has 0 aromatic heterocycles. The van der Waals surface area contributed by atoms with Crippen molar-refractivity contribution in [3.63, 3.8) is 0 Å². The first kappa shape index (κ1) is 62.1. The summed E-state index contributed by atoms with van der Waals surface area (Å²) in [5.41, 5.74) is 0. The number of carbonyl (C=O) groups is 1. The standard InChI is InChI=1S/C59H109NO4/c1-3-5-7-9-11-13-15-17-19-21-23-25-27-29-30-32-34-36-38-40-42-44-46-48-50-52-56(62)54-59(64)60-57(55-61)58(63)53-51-49-47-45-43-41-39-37-35-33-31-28-26-24-22-20-18-16-14-12-10-8-6-4-2/h23,25,29-30,35,37,43,45,51,53,56-58,61-63H,3-22,24,26-28,31-34,36,38-42,44,46-50,52,54-55H2,1-2H3,(H,60,64)/b25-23-,30-29-,37-35+,45-43+,53-51+. The second-order valence-electron chi connectivity index (χ2n) is 19.2. The Morgan fingerprint density at radius 1 is 0.406 bits per heavy atom. The summed E-state index contributed by atoms with van der Waals surface area (Å²) >= 11 is 0. The number of rotatable bonds is 51. The van der Waals surface area contributed by atoms with Crippen LogP contribution in [0.15, 0.2) is 60.8 Å². The Hall–Kier alpha value is -1.95. The van der Waals surface area contributed by atoms with Gasteiger partial charge in [0.15, 0.2) is 0 Å². The summed E-state index contributed by atoms with van der Waals surface area (Å²) in [5, 5.41) is 33.4. The van der Waals surface area contributed by atoms with E-state index in [4.69, 9.17) is 0 Å². The summed E-state index contributed by atoms with van der Waals surface area (Å²) in [6.07, 6.45) is 72.6. The zero-order valence-electron chi connectivity index (χ0n) is 42.7. The molecule has 0 rings (SSSR count). The van der Waals surface area contributed by atoms with Gasteiger partial charge in [-0.25, -0.2) is 0 Å². The number of amides is 1. The van der Waals surface area contributed by atoms with Gasteiger partial charge in [-0.05, 0) is 77.0 Å². The lowest BCUT2D eigenvalue weighted by atomic mass is 10.0. The molecule has 0 aliphatic heterocycles. The van der Waals surface area contributed by atoms with Crippen molar-refractivity contribution in [2.75, 3.05) is 6.61 Å². The number of hydrogen-bond acceptors (Lipinski definition) is 4. The molecule has 64 heavy (non-hydrogen) atoms. The third-order valence-electron chi connectivity index (χ3n) is 12.8. The number of allylic oxidation sites excluding steroid dienone is 9. The van der Waals surface area contributed by atoms with Crippen LogP contribution in [0.4, 0.5) is 0 Å². The fourth-order valence-corrected chi connectivity index (χ4v) is 8.46. The lowest BCUT2D eigenvalue weighted by Gasteiger charge is -2.21. The maximum atomic E-state index is 12.5. The largest absolute Gasteiger partial charge is 0.394 e. The summed E-state index contributed by atoms with van der Waals surface area (Å²) in [5.74, 6) is -0.331. The fourth-order valence-electron chi connectivity index (χ4n) is 8.46. The zero-order valence-corrected chi connectivity index (χ0v) is 42.7. The predicted molar refractivity (Wildman–Crippen MR) is 282 cm³/mol. The van der Waals surface area contributed by atoms with Gasteiger partial charge in [0.05, 0.1) is 31.3 Å². The first-order valence-electron chi connectivity index (χ1n) is 28.1. The Morgan fingerprint density at radius 3 is 1.09 bits per heavy atom. The van der Waals surface area contributed by atoms with E-state index in [2.05, 4.69) is 67.8 Å². The van der Waals surface area contributed by atoms with Gasteiger partial charge in [0.2, 0.25) is 5.91 Å². The SMILES string of the molecule is CCCCCCCCCCC/C=C\C/C=C\CCCCCCCCCCCC(O)CC(=O)NC(CO)C(O)/C=C/CC/C=C/CC/C=C/CCCCCCCCCCCCCCCC. The molecule has 3 atom stereocenters. The van der Waals surface area contributed by atoms with E-state index in [1.807, 2.05) is 6.08 Å². The summed E-state index contributed by atoms with van der Waals surface area (Å²) in [4.78, 5) is 12.5. The van der Waals surface area contributed by atoms with Crippen molar-refractivity contribution in [2.45, 2.75) is 302 Å². The summed E-state index contributed by atoms with van der Waals surface area (Å²) in [6.45, 7) is 4.22. The van der Waals surface area contributed by atoms with Crippen LogP contribution in [-0.4, -0.2) is 46.1 Å². The lowest BCUT2D eigenvalue weighted by Crippen LogP contribution is -2.45. The molecule has 4 N–H and O–H groups in total. The minimum Gasteiger partial charge on any atom is -0.394 e. The number of hydrogen-bond donors (Lipinski definition) is 4. The van der Waals surface area contributed by atoms with Crippen LogP contribution in [0.25, 0.3) is 0 Å². The smallest absolute Gasteiger partial charge is 0.222 e. The molecule has 0 aliphatic rings. The van der Waals surface area contributed by atoms with Crippen molar-refractivity contribution >= 4 is 5.91 Å². The molecule has 0 bridgehead atoms. The van der Waals surface area contributed by atoms with Crippen LogP contribution in [0, 0.1) is 0 Å². The number of carbonyl (C=O) groups excluding carboxylic acids is 1. The van der Waals surface area contributed by atoms with Gasteiger partial charge in [0.25, 0.3) is 0 Å². The Kier molecular flexibility index (Phi) is 52.0. The van der Waals surface area contributed by atoms with Gasteiger partial charge < -0.3 is 20.6 Å². The van der Waals surface area contributed by atoms with Crippen LogP contribution in [0.3, 0.4) is 0 Å². The Balaban J connectivity index is 3.67. The summed E-state index contributed by atoms with van der Waals surface area (Å²) in [7, 11) is 0. The number of aliphatic hydroxyl groups is 3. The third kappa shape index (κ3) is 49.5. The van der Waals surface area contributed by atoms with Crippen molar-refractivity contribution in [1.29, 1.82) is 0 Å². The van der Waals surface area contributed by atoms with Crippen molar-refractivity contribution in [3.05, 3.63) is 60.8 Å². The van der Waals surface area contributed by atoms with E-state index >= 15 is 0 Å². The zero-order chi connectivity index (χ0) is 46.5. The van der Waals surface area contributed by atoms with Crippen LogP contribution < -0.4 is 5.32 Å². The monoisotopic (exact) mass is 896 g/mol. The van der Waals surface area contributed by atoms with Gasteiger partial charge in [-0.2, -0.15) is 0 Å². The molecule has 374 valence electrons. The topological polar surface area (TPSA) is 89.8 Å². The van der Waals surface area contributed by atoms with Gasteiger partial charge >= 0.3 is 0 Å². The van der Waals surface area contributed by atoms with E-state index in [-0.39, 0.29) is 18.9 Å². The molecule has 5 nitrogen and oxygen atoms in total. The first-order valence-corrected chi connectivity index (χ1v) is 28.1. The molecule has 0 saturated heterocycles. The fraction of sp³-hybridized carbons (Fsp3) is 0.814. The highest BCUT2D eigenvalue weighted by molar-refractivity contribution is 5.76. The van der Waals surface area contributed by atoms with Crippen molar-refractivity contribution in [2.24, 2.45) is 0 Å². The quantitative estimate of drug-likeness (QED) is 0.0362. The minimum atomic E-state index is -0.965. The third-order valence-corrected chi connectivity index (χ3v) is 12.8. The second-order valence-corrected chi connectivity index (χ2v) is 19.2. The molecule has 0 fully saturated rings. The average molecular weight is 897 g/mol. The molecular formula is C59H109NO4. The van der Waals surface area contributed by atoms with Crippen molar-refractivity contribution in [1.82, 2.24) is 5.32 Å². The summed E-state index contributed by atoms with van der Waals surface area (Å²) in [6, 6.07) is -0.773. The molecule has 3 unspecified atom stereocenters. The van der Waals surface area contributed by atoms with Crippen molar-refractivity contribution < 1.29 is 20.1 Å². The summed E-state index contributed by atoms with van der Waals surface area (Å²) < 4.78 is 0. The number of aliphatic hydroxyl groups excluding tert-OH is 3. The highest BCUT2D eigenvalue weighted by Crippen LogP contribution is 2.16. The van der Waals surface area contributed by atoms with E-state index in [0.717, 1.165) is 44.9 Å². The highest BCUT2D eigenvalue weighted by atomic mass is 16.3. The van der Waals surface area contributed by atoms with Gasteiger partial charge in [0, 0.05) is 0 Å². The molecule has 0 aromatic rings. The van der Waals surface area contributed by atoms with Crippen molar-refractivity contribution in [3.8, 4) is 0 Å². The van der Waals surface area contributed by atoms with Gasteiger partial charge in [-0.3, -0.25) is 4.79 Å². The molecule has 0 aliphatic carbocycles. The predicted octanol–water partition coefficient (Wildman–Crippen LogP) is 17.4. The van der Waals surface area contributed by atoms with Crippen LogP contribution in [0.2, 0.25) is 0 Å². The molecular weight excluding hydrogens is 787 g/mol. The Labute approximate surface area is 399 Å². The van der Waals surface area contributed by atoms with E-state index in [9.17, 15) is 20.1 Å². The first-order chi connectivity index (χ1) is 31.5. The van der Waals surface area contributed by atoms with E-state index in [0.29, 0.717) is 6.42 Å². The van der Waals surface area contributed by atoms with Crippen LogP contribution >= 0.6 is 0 Å². The maximum Gasteiger partial charge on any atom is 0.222 e.